The Bertz CT molecular complexity index is 182. The summed E-state index contributed by atoms with van der Waals surface area (Å²) in [6.45, 7) is 1.70. The van der Waals surface area contributed by atoms with Gasteiger partial charge in [0.05, 0.1) is 0 Å². The molecule has 1 aliphatic rings. The number of nitrogens with two attached hydrogens (primary N) is 1. The fraction of sp³-hybridized carbons (Fsp3) is 0.800. The van der Waals surface area contributed by atoms with E-state index in [4.69, 9.17) is 9.90 Å². The number of hydrogen-bond donors (Lipinski definition) is 2. The number of ketones is 1. The highest BCUT2D eigenvalue weighted by atomic mass is 16.4. The molecule has 1 saturated carbocycles. The summed E-state index contributed by atoms with van der Waals surface area (Å²) < 4.78 is 0. The Morgan fingerprint density at radius 3 is 2.07 bits per heavy atom. The maximum atomic E-state index is 10.7. The quantitative estimate of drug-likeness (QED) is 0.718. The highest BCUT2D eigenvalue weighted by molar-refractivity contribution is 5.75. The van der Waals surface area contributed by atoms with Gasteiger partial charge in [0.25, 0.3) is 0 Å². The van der Waals surface area contributed by atoms with Crippen LogP contribution >= 0.6 is 0 Å². The third-order valence-electron chi connectivity index (χ3n) is 2.30. The molecular weight excluding hydrogens is 182 g/mol. The molecule has 0 aromatic rings. The molecule has 82 valence electrons. The van der Waals surface area contributed by atoms with Crippen LogP contribution in [0.5, 0.6) is 0 Å². The molecule has 0 heterocycles. The van der Waals surface area contributed by atoms with E-state index >= 15 is 0 Å². The van der Waals surface area contributed by atoms with E-state index in [1.54, 1.807) is 6.92 Å². The van der Waals surface area contributed by atoms with Crippen LogP contribution in [-0.4, -0.2) is 17.0 Å². The number of carboxylic acid groups (broad SMARTS) is 1. The van der Waals surface area contributed by atoms with Crippen LogP contribution in [0.4, 0.5) is 4.79 Å². The van der Waals surface area contributed by atoms with Crippen molar-refractivity contribution in [2.45, 2.75) is 45.4 Å². The summed E-state index contributed by atoms with van der Waals surface area (Å²) in [5, 5.41) is 7.19. The van der Waals surface area contributed by atoms with Gasteiger partial charge in [0.15, 0.2) is 0 Å². The molecule has 0 radical (unpaired) electrons. The number of rotatable bonds is 2. The number of amides is 1. The minimum atomic E-state index is -1.33. The second-order valence-electron chi connectivity index (χ2n) is 3.75. The molecule has 0 saturated heterocycles. The van der Waals surface area contributed by atoms with Gasteiger partial charge in [0, 0.05) is 6.42 Å². The summed E-state index contributed by atoms with van der Waals surface area (Å²) in [6, 6.07) is 0. The van der Waals surface area contributed by atoms with Gasteiger partial charge in [-0.15, -0.1) is 0 Å². The van der Waals surface area contributed by atoms with Gasteiger partial charge < -0.3 is 15.6 Å². The smallest absolute Gasteiger partial charge is 0.402 e. The van der Waals surface area contributed by atoms with E-state index in [0.29, 0.717) is 5.78 Å². The Hall–Kier alpha value is -1.06. The molecule has 1 aliphatic carbocycles. The summed E-state index contributed by atoms with van der Waals surface area (Å²) in [6.07, 6.45) is 6.16. The topological polar surface area (TPSA) is 80.4 Å². The number of Topliss-reactive ketones (excluding diaryl/α,β-unsaturated/α-hetero) is 1. The average molecular weight is 201 g/mol. The maximum absolute atomic E-state index is 10.7. The van der Waals surface area contributed by atoms with Gasteiger partial charge in [-0.1, -0.05) is 32.1 Å². The van der Waals surface area contributed by atoms with Crippen LogP contribution in [0.3, 0.4) is 0 Å². The standard InChI is InChI=1S/C9H16O.CH3NO2/c1-8(10)7-9-5-3-2-4-6-9;2-1(3)4/h9H,2-7H2,1H3;2H2,(H,3,4). The van der Waals surface area contributed by atoms with Crippen LogP contribution in [0.15, 0.2) is 0 Å². The third-order valence-corrected chi connectivity index (χ3v) is 2.30. The van der Waals surface area contributed by atoms with Gasteiger partial charge in [-0.05, 0) is 12.8 Å². The zero-order valence-corrected chi connectivity index (χ0v) is 8.66. The summed E-state index contributed by atoms with van der Waals surface area (Å²) in [4.78, 5) is 19.5. The molecule has 0 bridgehead atoms. The van der Waals surface area contributed by atoms with E-state index in [1.807, 2.05) is 0 Å². The minimum absolute atomic E-state index is 0.368. The lowest BCUT2D eigenvalue weighted by molar-refractivity contribution is -0.118. The van der Waals surface area contributed by atoms with Crippen LogP contribution in [0.1, 0.15) is 45.4 Å². The Morgan fingerprint density at radius 2 is 1.71 bits per heavy atom. The zero-order chi connectivity index (χ0) is 11.0. The fourth-order valence-corrected chi connectivity index (χ4v) is 1.80. The number of primary amides is 1. The second kappa shape index (κ2) is 7.35. The Labute approximate surface area is 84.5 Å². The molecule has 1 rings (SSSR count). The third kappa shape index (κ3) is 9.03. The molecule has 0 aromatic carbocycles. The summed E-state index contributed by atoms with van der Waals surface area (Å²) in [5.74, 6) is 1.10. The van der Waals surface area contributed by atoms with E-state index in [9.17, 15) is 4.79 Å². The molecule has 4 nitrogen and oxygen atoms in total. The van der Waals surface area contributed by atoms with Gasteiger partial charge in [-0.25, -0.2) is 4.79 Å². The fourth-order valence-electron chi connectivity index (χ4n) is 1.80. The molecule has 0 atom stereocenters. The predicted molar refractivity (Wildman–Crippen MR) is 54.1 cm³/mol. The molecule has 0 aliphatic heterocycles. The zero-order valence-electron chi connectivity index (χ0n) is 8.66. The van der Waals surface area contributed by atoms with Crippen LogP contribution < -0.4 is 5.73 Å². The molecule has 3 N–H and O–H groups in total. The molecule has 0 spiro atoms. The van der Waals surface area contributed by atoms with Gasteiger partial charge in [0.2, 0.25) is 0 Å². The highest BCUT2D eigenvalue weighted by Gasteiger charge is 2.14. The van der Waals surface area contributed by atoms with Gasteiger partial charge in [-0.3, -0.25) is 0 Å². The van der Waals surface area contributed by atoms with E-state index < -0.39 is 6.09 Å². The van der Waals surface area contributed by atoms with Crippen LogP contribution in [0.25, 0.3) is 0 Å². The molecular formula is C10H19NO3. The maximum Gasteiger partial charge on any atom is 0.402 e. The molecule has 0 unspecified atom stereocenters. The monoisotopic (exact) mass is 201 g/mol. The van der Waals surface area contributed by atoms with Crippen molar-refractivity contribution in [3.63, 3.8) is 0 Å². The van der Waals surface area contributed by atoms with Crippen LogP contribution in [0, 0.1) is 5.92 Å². The first kappa shape index (κ1) is 12.9. The number of carbonyl (C=O) groups is 2. The van der Waals surface area contributed by atoms with E-state index in [2.05, 4.69) is 5.73 Å². The van der Waals surface area contributed by atoms with Crippen molar-refractivity contribution in [3.8, 4) is 0 Å². The summed E-state index contributed by atoms with van der Waals surface area (Å²) in [7, 11) is 0. The number of carbonyl (C=O) groups excluding carboxylic acids is 1. The van der Waals surface area contributed by atoms with Gasteiger partial charge in [-0.2, -0.15) is 0 Å². The van der Waals surface area contributed by atoms with E-state index in [-0.39, 0.29) is 0 Å². The van der Waals surface area contributed by atoms with Crippen molar-refractivity contribution in [1.82, 2.24) is 0 Å². The van der Waals surface area contributed by atoms with Crippen molar-refractivity contribution in [1.29, 1.82) is 0 Å². The van der Waals surface area contributed by atoms with Crippen molar-refractivity contribution in [3.05, 3.63) is 0 Å². The molecule has 1 amide bonds. The SMILES string of the molecule is CC(=O)CC1CCCCC1.NC(=O)O. The Balaban J connectivity index is 0.000000364. The Morgan fingerprint density at radius 1 is 1.29 bits per heavy atom. The van der Waals surface area contributed by atoms with E-state index in [0.717, 1.165) is 12.3 Å². The average Bonchev–Trinajstić information content (AvgIpc) is 2.03. The first-order chi connectivity index (χ1) is 6.52. The molecule has 0 aromatic heterocycles. The summed E-state index contributed by atoms with van der Waals surface area (Å²) >= 11 is 0. The highest BCUT2D eigenvalue weighted by Crippen LogP contribution is 2.26. The first-order valence-corrected chi connectivity index (χ1v) is 5.00. The largest absolute Gasteiger partial charge is 0.465 e. The molecule has 14 heavy (non-hydrogen) atoms. The minimum Gasteiger partial charge on any atom is -0.465 e. The number of hydrogen-bond acceptors (Lipinski definition) is 2. The lowest BCUT2D eigenvalue weighted by Gasteiger charge is -2.19. The molecule has 4 heteroatoms. The first-order valence-electron chi connectivity index (χ1n) is 5.00. The van der Waals surface area contributed by atoms with Gasteiger partial charge in [0.1, 0.15) is 5.78 Å². The molecule has 1 fully saturated rings. The normalized spacial score (nSPS) is 16.6. The lowest BCUT2D eigenvalue weighted by Crippen LogP contribution is -2.09. The second-order valence-corrected chi connectivity index (χ2v) is 3.75. The van der Waals surface area contributed by atoms with Crippen molar-refractivity contribution < 1.29 is 14.7 Å². The van der Waals surface area contributed by atoms with E-state index in [1.165, 1.54) is 32.1 Å². The lowest BCUT2D eigenvalue weighted by atomic mass is 9.86. The van der Waals surface area contributed by atoms with Crippen molar-refractivity contribution >= 4 is 11.9 Å². The predicted octanol–water partition coefficient (Wildman–Crippen LogP) is 2.17. The van der Waals surface area contributed by atoms with Crippen LogP contribution in [0.2, 0.25) is 0 Å². The van der Waals surface area contributed by atoms with Crippen molar-refractivity contribution in [2.24, 2.45) is 11.7 Å². The van der Waals surface area contributed by atoms with Crippen molar-refractivity contribution in [2.75, 3.05) is 0 Å². The van der Waals surface area contributed by atoms with Gasteiger partial charge >= 0.3 is 6.09 Å². The Kier molecular flexibility index (Phi) is 6.80. The van der Waals surface area contributed by atoms with Crippen LogP contribution in [-0.2, 0) is 4.79 Å². The summed E-state index contributed by atoms with van der Waals surface area (Å²) in [5.41, 5.74) is 4.03.